The molecule has 0 amide bonds. The van der Waals surface area contributed by atoms with Gasteiger partial charge in [-0.2, -0.15) is 0 Å². The number of piperazine rings is 1. The third kappa shape index (κ3) is 6.16. The molecule has 2 aliphatic heterocycles. The van der Waals surface area contributed by atoms with Crippen LogP contribution >= 0.6 is 0 Å². The van der Waals surface area contributed by atoms with E-state index in [1.54, 1.807) is 0 Å². The van der Waals surface area contributed by atoms with Crippen LogP contribution in [-0.2, 0) is 4.74 Å². The average molecular weight is 386 g/mol. The van der Waals surface area contributed by atoms with Gasteiger partial charge in [0.15, 0.2) is 0 Å². The van der Waals surface area contributed by atoms with Crippen LogP contribution in [0.15, 0.2) is 6.07 Å². The van der Waals surface area contributed by atoms with Crippen molar-refractivity contribution in [1.29, 1.82) is 0 Å². The molecule has 2 aliphatic rings. The molecule has 2 fully saturated rings. The van der Waals surface area contributed by atoms with Gasteiger partial charge < -0.3 is 9.64 Å². The number of nitrogens with zero attached hydrogens (tertiary/aromatic N) is 5. The molecule has 28 heavy (non-hydrogen) atoms. The third-order valence-corrected chi connectivity index (χ3v) is 5.67. The van der Waals surface area contributed by atoms with Gasteiger partial charge in [-0.1, -0.05) is 11.8 Å². The molecule has 2 saturated heterocycles. The number of aromatic nitrogens is 2. The van der Waals surface area contributed by atoms with Gasteiger partial charge in [0.1, 0.15) is 18.2 Å². The van der Waals surface area contributed by atoms with Crippen molar-refractivity contribution in [2.75, 3.05) is 57.3 Å². The molecule has 0 atom stereocenters. The molecule has 0 N–H and O–H groups in total. The zero-order valence-corrected chi connectivity index (χ0v) is 17.9. The number of ether oxygens (including phenoxy) is 1. The van der Waals surface area contributed by atoms with Crippen LogP contribution in [0.5, 0.6) is 0 Å². The smallest absolute Gasteiger partial charge is 0.132 e. The Labute approximate surface area is 170 Å². The van der Waals surface area contributed by atoms with Crippen molar-refractivity contribution in [3.05, 3.63) is 17.6 Å². The van der Waals surface area contributed by atoms with Gasteiger partial charge in [-0.25, -0.2) is 9.97 Å². The van der Waals surface area contributed by atoms with E-state index in [9.17, 15) is 0 Å². The Balaban J connectivity index is 1.33. The molecule has 1 aromatic heterocycles. The van der Waals surface area contributed by atoms with Crippen LogP contribution in [0.1, 0.15) is 38.2 Å². The Morgan fingerprint density at radius 2 is 1.75 bits per heavy atom. The first-order valence-electron chi connectivity index (χ1n) is 10.6. The molecule has 6 nitrogen and oxygen atoms in total. The molecule has 0 spiro atoms. The normalized spacial score (nSPS) is 19.7. The maximum absolute atomic E-state index is 5.99. The van der Waals surface area contributed by atoms with E-state index in [0.717, 1.165) is 76.0 Å². The topological polar surface area (TPSA) is 44.7 Å². The number of rotatable bonds is 5. The first kappa shape index (κ1) is 21.0. The third-order valence-electron chi connectivity index (χ3n) is 5.67. The molecular formula is C22H35N5O. The Bertz CT molecular complexity index is 660. The monoisotopic (exact) mass is 385 g/mol. The number of aryl methyl sites for hydroxylation is 2. The minimum absolute atomic E-state index is 0.309. The number of piperidine rings is 1. The van der Waals surface area contributed by atoms with Crippen LogP contribution in [0.3, 0.4) is 0 Å². The van der Waals surface area contributed by atoms with Crippen molar-refractivity contribution in [1.82, 2.24) is 19.8 Å². The number of hydrogen-bond donors (Lipinski definition) is 0. The van der Waals surface area contributed by atoms with Gasteiger partial charge in [0, 0.05) is 57.1 Å². The number of hydrogen-bond acceptors (Lipinski definition) is 6. The van der Waals surface area contributed by atoms with Crippen LogP contribution in [0.25, 0.3) is 0 Å². The Morgan fingerprint density at radius 3 is 2.39 bits per heavy atom. The first-order chi connectivity index (χ1) is 13.5. The SMILES string of the molecule is Cc1cc(N2CCC(OCC#CCN3CCN(C(C)C)CC3)CC2)nc(C)n1. The van der Waals surface area contributed by atoms with Gasteiger partial charge in [-0.15, -0.1) is 0 Å². The average Bonchev–Trinajstić information content (AvgIpc) is 2.68. The predicted octanol–water partition coefficient (Wildman–Crippen LogP) is 2.11. The molecule has 0 aliphatic carbocycles. The van der Waals surface area contributed by atoms with Gasteiger partial charge in [0.25, 0.3) is 0 Å². The summed E-state index contributed by atoms with van der Waals surface area (Å²) in [6.07, 6.45) is 2.37. The Morgan fingerprint density at radius 1 is 1.04 bits per heavy atom. The molecule has 0 radical (unpaired) electrons. The van der Waals surface area contributed by atoms with Crippen LogP contribution in [0, 0.1) is 25.7 Å². The highest BCUT2D eigenvalue weighted by Crippen LogP contribution is 2.20. The van der Waals surface area contributed by atoms with Crippen molar-refractivity contribution in [3.63, 3.8) is 0 Å². The lowest BCUT2D eigenvalue weighted by molar-refractivity contribution is 0.0593. The molecule has 0 unspecified atom stereocenters. The molecule has 3 rings (SSSR count). The van der Waals surface area contributed by atoms with E-state index in [4.69, 9.17) is 4.74 Å². The summed E-state index contributed by atoms with van der Waals surface area (Å²) in [7, 11) is 0. The van der Waals surface area contributed by atoms with E-state index in [1.807, 2.05) is 13.8 Å². The first-order valence-corrected chi connectivity index (χ1v) is 10.6. The highest BCUT2D eigenvalue weighted by Gasteiger charge is 2.21. The summed E-state index contributed by atoms with van der Waals surface area (Å²) in [5, 5.41) is 0. The zero-order chi connectivity index (χ0) is 19.9. The van der Waals surface area contributed by atoms with Crippen LogP contribution in [0.2, 0.25) is 0 Å². The van der Waals surface area contributed by atoms with Crippen molar-refractivity contribution in [2.45, 2.75) is 52.7 Å². The largest absolute Gasteiger partial charge is 0.365 e. The molecule has 3 heterocycles. The van der Waals surface area contributed by atoms with Gasteiger partial charge in [0.2, 0.25) is 0 Å². The molecule has 0 aromatic carbocycles. The Kier molecular flexibility index (Phi) is 7.66. The molecule has 0 saturated carbocycles. The van der Waals surface area contributed by atoms with Gasteiger partial charge in [-0.3, -0.25) is 9.80 Å². The fourth-order valence-corrected chi connectivity index (χ4v) is 3.93. The highest BCUT2D eigenvalue weighted by molar-refractivity contribution is 5.40. The van der Waals surface area contributed by atoms with E-state index in [2.05, 4.69) is 56.4 Å². The van der Waals surface area contributed by atoms with Gasteiger partial charge in [-0.05, 0) is 40.5 Å². The van der Waals surface area contributed by atoms with E-state index in [-0.39, 0.29) is 0 Å². The minimum Gasteiger partial charge on any atom is -0.365 e. The van der Waals surface area contributed by atoms with Crippen LogP contribution in [-0.4, -0.2) is 84.3 Å². The van der Waals surface area contributed by atoms with Crippen LogP contribution < -0.4 is 4.90 Å². The molecule has 6 heteroatoms. The highest BCUT2D eigenvalue weighted by atomic mass is 16.5. The number of anilines is 1. The lowest BCUT2D eigenvalue weighted by Gasteiger charge is -2.36. The van der Waals surface area contributed by atoms with Crippen molar-refractivity contribution in [3.8, 4) is 11.8 Å². The van der Waals surface area contributed by atoms with E-state index < -0.39 is 0 Å². The standard InChI is InChI=1S/C22H35N5O/c1-18(2)26-14-12-25(13-15-26)9-5-6-16-28-21-7-10-27(11-8-21)22-17-19(3)23-20(4)24-22/h17-18,21H,7-16H2,1-4H3. The van der Waals surface area contributed by atoms with Crippen molar-refractivity contribution < 1.29 is 4.74 Å². The molecule has 0 bridgehead atoms. The van der Waals surface area contributed by atoms with Crippen LogP contribution in [0.4, 0.5) is 5.82 Å². The van der Waals surface area contributed by atoms with E-state index in [1.165, 1.54) is 0 Å². The summed E-state index contributed by atoms with van der Waals surface area (Å²) in [4.78, 5) is 16.2. The fourth-order valence-electron chi connectivity index (χ4n) is 3.93. The zero-order valence-electron chi connectivity index (χ0n) is 17.9. The lowest BCUT2D eigenvalue weighted by atomic mass is 10.1. The van der Waals surface area contributed by atoms with E-state index >= 15 is 0 Å². The molecule has 1 aromatic rings. The fraction of sp³-hybridized carbons (Fsp3) is 0.727. The van der Waals surface area contributed by atoms with Gasteiger partial charge >= 0.3 is 0 Å². The maximum Gasteiger partial charge on any atom is 0.132 e. The molecular weight excluding hydrogens is 350 g/mol. The minimum atomic E-state index is 0.309. The Hall–Kier alpha value is -1.68. The summed E-state index contributed by atoms with van der Waals surface area (Å²) in [6, 6.07) is 2.72. The summed E-state index contributed by atoms with van der Waals surface area (Å²) in [5.41, 5.74) is 1.03. The van der Waals surface area contributed by atoms with Gasteiger partial charge in [0.05, 0.1) is 12.6 Å². The maximum atomic E-state index is 5.99. The second-order valence-corrected chi connectivity index (χ2v) is 8.17. The van der Waals surface area contributed by atoms with Crippen molar-refractivity contribution >= 4 is 5.82 Å². The summed E-state index contributed by atoms with van der Waals surface area (Å²) in [6.45, 7) is 16.4. The summed E-state index contributed by atoms with van der Waals surface area (Å²) < 4.78 is 5.99. The summed E-state index contributed by atoms with van der Waals surface area (Å²) in [5.74, 6) is 8.39. The molecule has 154 valence electrons. The van der Waals surface area contributed by atoms with Crippen molar-refractivity contribution in [2.24, 2.45) is 0 Å². The predicted molar refractivity (Wildman–Crippen MR) is 114 cm³/mol. The summed E-state index contributed by atoms with van der Waals surface area (Å²) >= 11 is 0. The quantitative estimate of drug-likeness (QED) is 0.724. The van der Waals surface area contributed by atoms with E-state index in [0.29, 0.717) is 18.8 Å². The lowest BCUT2D eigenvalue weighted by Crippen LogP contribution is -2.48. The second kappa shape index (κ2) is 10.2. The second-order valence-electron chi connectivity index (χ2n) is 8.17.